The number of ketones is 1. The summed E-state index contributed by atoms with van der Waals surface area (Å²) in [6.45, 7) is 9.98. The normalized spacial score (nSPS) is 22.5. The number of ether oxygens (including phenoxy) is 1. The first-order valence-electron chi connectivity index (χ1n) is 9.84. The van der Waals surface area contributed by atoms with Crippen LogP contribution >= 0.6 is 15.9 Å². The molecular formula is C23H28BrNO3. The Morgan fingerprint density at radius 2 is 2.00 bits per heavy atom. The molecule has 4 nitrogen and oxygen atoms in total. The number of carbonyl (C=O) groups excluding carboxylic acids is 2. The van der Waals surface area contributed by atoms with Gasteiger partial charge in [0, 0.05) is 33.8 Å². The monoisotopic (exact) mass is 445 g/mol. The molecule has 1 heterocycles. The fourth-order valence-electron chi connectivity index (χ4n) is 4.06. The molecule has 0 saturated carbocycles. The summed E-state index contributed by atoms with van der Waals surface area (Å²) in [4.78, 5) is 26.3. The maximum atomic E-state index is 13.2. The maximum Gasteiger partial charge on any atom is 0.337 e. The highest BCUT2D eigenvalue weighted by molar-refractivity contribution is 9.10. The summed E-state index contributed by atoms with van der Waals surface area (Å²) in [5, 5.41) is 3.37. The van der Waals surface area contributed by atoms with E-state index in [1.54, 1.807) is 0 Å². The zero-order chi connectivity index (χ0) is 20.6. The van der Waals surface area contributed by atoms with Crippen molar-refractivity contribution in [3.05, 3.63) is 56.8 Å². The van der Waals surface area contributed by atoms with Gasteiger partial charge in [-0.3, -0.25) is 4.79 Å². The van der Waals surface area contributed by atoms with Crippen LogP contribution in [0.5, 0.6) is 0 Å². The lowest BCUT2D eigenvalue weighted by Crippen LogP contribution is -2.39. The fourth-order valence-corrected chi connectivity index (χ4v) is 4.57. The minimum atomic E-state index is -0.424. The summed E-state index contributed by atoms with van der Waals surface area (Å²) in [6, 6.07) is 7.79. The lowest BCUT2D eigenvalue weighted by atomic mass is 9.68. The number of Topliss-reactive ketones (excluding diaryl/α,β-unsaturated/α-hetero) is 1. The largest absolute Gasteiger partial charge is 0.459 e. The molecule has 0 amide bonds. The number of allylic oxidation sites excluding steroid dienone is 3. The van der Waals surface area contributed by atoms with E-state index in [0.717, 1.165) is 34.3 Å². The lowest BCUT2D eigenvalue weighted by Gasteiger charge is -2.39. The molecule has 3 rings (SSSR count). The highest BCUT2D eigenvalue weighted by Gasteiger charge is 2.43. The Morgan fingerprint density at radius 1 is 1.32 bits per heavy atom. The van der Waals surface area contributed by atoms with Crippen molar-refractivity contribution in [3.63, 3.8) is 0 Å². The van der Waals surface area contributed by atoms with Crippen molar-refractivity contribution in [1.29, 1.82) is 0 Å². The van der Waals surface area contributed by atoms with Crippen molar-refractivity contribution in [2.45, 2.75) is 65.9 Å². The van der Waals surface area contributed by atoms with Crippen molar-refractivity contribution < 1.29 is 14.3 Å². The molecule has 1 aromatic rings. The molecule has 0 spiro atoms. The molecular weight excluding hydrogens is 418 g/mol. The summed E-state index contributed by atoms with van der Waals surface area (Å²) < 4.78 is 6.55. The third kappa shape index (κ3) is 3.95. The summed E-state index contributed by atoms with van der Waals surface area (Å²) >= 11 is 3.62. The minimum Gasteiger partial charge on any atom is -0.459 e. The molecule has 0 bridgehead atoms. The van der Waals surface area contributed by atoms with E-state index in [0.29, 0.717) is 17.6 Å². The standard InChI is InChI=1S/C23H28BrNO3/c1-6-13(2)28-22(27)19-14(3)25-17-11-23(4,5)12-18(26)21(17)20(19)15-9-7-8-10-16(15)24/h7-10,13,20,25H,6,11-12H2,1-5H3. The van der Waals surface area contributed by atoms with Crippen molar-refractivity contribution >= 4 is 27.7 Å². The average Bonchev–Trinajstić information content (AvgIpc) is 2.59. The maximum absolute atomic E-state index is 13.2. The predicted molar refractivity (Wildman–Crippen MR) is 114 cm³/mol. The van der Waals surface area contributed by atoms with Crippen LogP contribution in [0.4, 0.5) is 0 Å². The lowest BCUT2D eigenvalue weighted by molar-refractivity contribution is -0.144. The number of hydrogen-bond donors (Lipinski definition) is 1. The summed E-state index contributed by atoms with van der Waals surface area (Å²) in [6.07, 6.45) is 1.82. The molecule has 2 unspecified atom stereocenters. The summed E-state index contributed by atoms with van der Waals surface area (Å²) in [7, 11) is 0. The van der Waals surface area contributed by atoms with E-state index in [4.69, 9.17) is 4.74 Å². The van der Waals surface area contributed by atoms with Crippen LogP contribution in [0, 0.1) is 5.41 Å². The van der Waals surface area contributed by atoms with Gasteiger partial charge in [-0.2, -0.15) is 0 Å². The van der Waals surface area contributed by atoms with Gasteiger partial charge in [0.05, 0.1) is 11.7 Å². The van der Waals surface area contributed by atoms with Crippen molar-refractivity contribution in [1.82, 2.24) is 5.32 Å². The quantitative estimate of drug-likeness (QED) is 0.630. The molecule has 2 atom stereocenters. The molecule has 0 saturated heterocycles. The second kappa shape index (κ2) is 7.86. The topological polar surface area (TPSA) is 55.4 Å². The van der Waals surface area contributed by atoms with E-state index in [-0.39, 0.29) is 23.3 Å². The minimum absolute atomic E-state index is 0.0980. The zero-order valence-electron chi connectivity index (χ0n) is 17.2. The van der Waals surface area contributed by atoms with E-state index < -0.39 is 5.92 Å². The Balaban J connectivity index is 2.16. The van der Waals surface area contributed by atoms with Crippen LogP contribution in [-0.2, 0) is 14.3 Å². The second-order valence-electron chi connectivity index (χ2n) is 8.58. The van der Waals surface area contributed by atoms with Crippen LogP contribution in [0.15, 0.2) is 51.3 Å². The van der Waals surface area contributed by atoms with Gasteiger partial charge in [-0.05, 0) is 43.7 Å². The van der Waals surface area contributed by atoms with Crippen LogP contribution in [-0.4, -0.2) is 17.9 Å². The van der Waals surface area contributed by atoms with Gasteiger partial charge in [-0.1, -0.05) is 54.9 Å². The Kier molecular flexibility index (Phi) is 5.85. The molecule has 1 aromatic carbocycles. The van der Waals surface area contributed by atoms with Crippen LogP contribution in [0.3, 0.4) is 0 Å². The molecule has 2 aliphatic rings. The SMILES string of the molecule is CCC(C)OC(=O)C1=C(C)NC2=C(C(=O)CC(C)(C)C2)C1c1ccccc1Br. The van der Waals surface area contributed by atoms with E-state index in [9.17, 15) is 9.59 Å². The molecule has 5 heteroatoms. The van der Waals surface area contributed by atoms with Gasteiger partial charge in [0.2, 0.25) is 0 Å². The average molecular weight is 446 g/mol. The highest BCUT2D eigenvalue weighted by atomic mass is 79.9. The van der Waals surface area contributed by atoms with Gasteiger partial charge in [-0.25, -0.2) is 4.79 Å². The van der Waals surface area contributed by atoms with Crippen molar-refractivity contribution in [2.75, 3.05) is 0 Å². The molecule has 150 valence electrons. The molecule has 1 aliphatic carbocycles. The molecule has 0 fully saturated rings. The number of benzene rings is 1. The number of rotatable bonds is 4. The van der Waals surface area contributed by atoms with Crippen molar-refractivity contribution in [2.24, 2.45) is 5.41 Å². The fraction of sp³-hybridized carbons (Fsp3) is 0.478. The summed E-state index contributed by atoms with van der Waals surface area (Å²) in [5.41, 5.74) is 3.74. The van der Waals surface area contributed by atoms with Crippen LogP contribution < -0.4 is 5.32 Å². The van der Waals surface area contributed by atoms with Gasteiger partial charge in [0.25, 0.3) is 0 Å². The Bertz CT molecular complexity index is 882. The number of nitrogens with one attached hydrogen (secondary N) is 1. The molecule has 1 aliphatic heterocycles. The first-order chi connectivity index (χ1) is 13.1. The first kappa shape index (κ1) is 20.8. The molecule has 0 radical (unpaired) electrons. The Labute approximate surface area is 175 Å². The third-order valence-electron chi connectivity index (χ3n) is 5.56. The Morgan fingerprint density at radius 3 is 2.64 bits per heavy atom. The van der Waals surface area contributed by atoms with Gasteiger partial charge in [-0.15, -0.1) is 0 Å². The second-order valence-corrected chi connectivity index (χ2v) is 9.43. The molecule has 28 heavy (non-hydrogen) atoms. The van der Waals surface area contributed by atoms with Crippen LogP contribution in [0.1, 0.15) is 65.4 Å². The van der Waals surface area contributed by atoms with E-state index >= 15 is 0 Å². The number of dihydropyridines is 1. The van der Waals surface area contributed by atoms with E-state index in [1.807, 2.05) is 45.0 Å². The number of hydrogen-bond acceptors (Lipinski definition) is 4. The predicted octanol–water partition coefficient (Wildman–Crippen LogP) is 5.39. The highest BCUT2D eigenvalue weighted by Crippen LogP contribution is 2.48. The van der Waals surface area contributed by atoms with Crippen molar-refractivity contribution in [3.8, 4) is 0 Å². The van der Waals surface area contributed by atoms with Gasteiger partial charge < -0.3 is 10.1 Å². The number of carbonyl (C=O) groups is 2. The zero-order valence-corrected chi connectivity index (χ0v) is 18.8. The smallest absolute Gasteiger partial charge is 0.337 e. The number of halogens is 1. The van der Waals surface area contributed by atoms with Gasteiger partial charge >= 0.3 is 5.97 Å². The Hall–Kier alpha value is -1.88. The van der Waals surface area contributed by atoms with Crippen LogP contribution in [0.2, 0.25) is 0 Å². The first-order valence-corrected chi connectivity index (χ1v) is 10.6. The number of esters is 1. The summed E-state index contributed by atoms with van der Waals surface area (Å²) in [5.74, 6) is -0.683. The van der Waals surface area contributed by atoms with E-state index in [2.05, 4.69) is 35.1 Å². The molecule has 0 aromatic heterocycles. The molecule has 1 N–H and O–H groups in total. The van der Waals surface area contributed by atoms with Gasteiger partial charge in [0.1, 0.15) is 0 Å². The third-order valence-corrected chi connectivity index (χ3v) is 6.28. The van der Waals surface area contributed by atoms with Gasteiger partial charge in [0.15, 0.2) is 5.78 Å². The van der Waals surface area contributed by atoms with Crippen LogP contribution in [0.25, 0.3) is 0 Å². The van der Waals surface area contributed by atoms with E-state index in [1.165, 1.54) is 0 Å².